The SMILES string of the molecule is [Cl][Ru]([Cl])=[C]1c2ccccc2-c2ccccc21.c1ccc(P(c2ccccc2)c2ccccc2)cc1.c1ccc(P(c2ccccc2)c2ccccc2)cc1. The molecule has 1 aliphatic rings. The van der Waals surface area contributed by atoms with Crippen LogP contribution in [0.25, 0.3) is 11.1 Å². The van der Waals surface area contributed by atoms with E-state index in [-0.39, 0.29) is 0 Å². The number of halogens is 2. The van der Waals surface area contributed by atoms with E-state index >= 15 is 0 Å². The van der Waals surface area contributed by atoms with Crippen LogP contribution in [0.15, 0.2) is 231 Å². The van der Waals surface area contributed by atoms with Crippen molar-refractivity contribution in [2.45, 2.75) is 0 Å². The molecule has 8 aromatic rings. The van der Waals surface area contributed by atoms with E-state index in [1.165, 1.54) is 58.2 Å². The standard InChI is InChI=1S/2C18H15P.C13H8.2ClH.Ru/c2*1-4-10-16(11-5-1)19(17-12-6-2-7-13-17)18-14-8-3-9-15-18;1-3-7-12-10(5-1)9-11-6-2-4-8-13(11)12;;;/h2*1-15H;1-8H;2*1H;/q;;;;;+2/p-2. The summed E-state index contributed by atoms with van der Waals surface area (Å²) in [4.78, 5) is 0. The van der Waals surface area contributed by atoms with Gasteiger partial charge in [-0.15, -0.1) is 0 Å². The van der Waals surface area contributed by atoms with E-state index in [9.17, 15) is 0 Å². The van der Waals surface area contributed by atoms with Crippen molar-refractivity contribution in [1.82, 2.24) is 0 Å². The fourth-order valence-electron chi connectivity index (χ4n) is 6.45. The maximum Gasteiger partial charge on any atom is -0.0134 e. The minimum atomic E-state index is -1.88. The van der Waals surface area contributed by atoms with Crippen LogP contribution in [0.5, 0.6) is 0 Å². The van der Waals surface area contributed by atoms with Gasteiger partial charge in [0.2, 0.25) is 0 Å². The fourth-order valence-corrected chi connectivity index (χ4v) is 14.2. The van der Waals surface area contributed by atoms with Gasteiger partial charge in [-0.1, -0.05) is 182 Å². The topological polar surface area (TPSA) is 0 Å². The average molecular weight is 861 g/mol. The minimum Gasteiger partial charge on any atom is -0.0622 e. The van der Waals surface area contributed by atoms with Crippen LogP contribution in [0.2, 0.25) is 0 Å². The molecule has 0 nitrogen and oxygen atoms in total. The summed E-state index contributed by atoms with van der Waals surface area (Å²) in [6.45, 7) is 0. The second-order valence-electron chi connectivity index (χ2n) is 12.3. The molecular weight excluding hydrogens is 822 g/mol. The number of hydrogen-bond acceptors (Lipinski definition) is 0. The first-order valence-corrected chi connectivity index (χ1v) is 25.7. The van der Waals surface area contributed by atoms with Gasteiger partial charge in [-0.25, -0.2) is 0 Å². The quantitative estimate of drug-likeness (QED) is 0.115. The Morgan fingerprint density at radius 1 is 0.241 bits per heavy atom. The predicted molar refractivity (Wildman–Crippen MR) is 237 cm³/mol. The summed E-state index contributed by atoms with van der Waals surface area (Å²) >= 11 is -1.88. The number of fused-ring (bicyclic) bond motifs is 3. The summed E-state index contributed by atoms with van der Waals surface area (Å²) in [7, 11) is 11.5. The third kappa shape index (κ3) is 9.31. The fraction of sp³-hybridized carbons (Fsp3) is 0. The molecule has 0 amide bonds. The van der Waals surface area contributed by atoms with Crippen molar-refractivity contribution in [3.05, 3.63) is 242 Å². The molecule has 0 fully saturated rings. The van der Waals surface area contributed by atoms with E-state index in [4.69, 9.17) is 19.4 Å². The van der Waals surface area contributed by atoms with Crippen LogP contribution in [0.4, 0.5) is 0 Å². The third-order valence-electron chi connectivity index (χ3n) is 8.82. The van der Waals surface area contributed by atoms with E-state index in [0.717, 1.165) is 0 Å². The van der Waals surface area contributed by atoms with E-state index in [0.29, 0.717) is 0 Å². The first-order chi connectivity index (χ1) is 26.7. The molecule has 8 aromatic carbocycles. The summed E-state index contributed by atoms with van der Waals surface area (Å²) in [6.07, 6.45) is 0. The smallest absolute Gasteiger partial charge is 0.0134 e. The van der Waals surface area contributed by atoms with Crippen LogP contribution in [0.1, 0.15) is 11.1 Å². The Hall–Kier alpha value is -4.31. The molecule has 0 spiro atoms. The molecule has 0 N–H and O–H groups in total. The van der Waals surface area contributed by atoms with Gasteiger partial charge in [-0.3, -0.25) is 0 Å². The van der Waals surface area contributed by atoms with Crippen molar-refractivity contribution in [3.63, 3.8) is 0 Å². The van der Waals surface area contributed by atoms with Gasteiger partial charge in [-0.05, 0) is 47.7 Å². The van der Waals surface area contributed by atoms with Gasteiger partial charge in [0.25, 0.3) is 0 Å². The van der Waals surface area contributed by atoms with Gasteiger partial charge < -0.3 is 0 Å². The molecule has 0 unspecified atom stereocenters. The summed E-state index contributed by atoms with van der Waals surface area (Å²) in [5.41, 5.74) is 4.95. The van der Waals surface area contributed by atoms with E-state index in [1.54, 1.807) is 0 Å². The number of rotatable bonds is 6. The second-order valence-corrected chi connectivity index (χ2v) is 22.4. The number of benzene rings is 8. The monoisotopic (exact) mass is 860 g/mol. The van der Waals surface area contributed by atoms with Crippen molar-refractivity contribution in [3.8, 4) is 11.1 Å². The van der Waals surface area contributed by atoms with Crippen LogP contribution in [-0.4, -0.2) is 4.11 Å². The zero-order chi connectivity index (χ0) is 37.0. The molecule has 0 bridgehead atoms. The Morgan fingerprint density at radius 2 is 0.426 bits per heavy atom. The summed E-state index contributed by atoms with van der Waals surface area (Å²) in [5.74, 6) is 0. The van der Waals surface area contributed by atoms with Crippen LogP contribution >= 0.6 is 35.2 Å². The van der Waals surface area contributed by atoms with Gasteiger partial charge in [0.05, 0.1) is 0 Å². The maximum absolute atomic E-state index is 6.21. The maximum atomic E-state index is 6.21. The van der Waals surface area contributed by atoms with Gasteiger partial charge in [0.1, 0.15) is 0 Å². The van der Waals surface area contributed by atoms with Crippen molar-refractivity contribution in [2.75, 3.05) is 0 Å². The predicted octanol–water partition coefficient (Wildman–Crippen LogP) is 11.1. The van der Waals surface area contributed by atoms with Crippen molar-refractivity contribution in [1.29, 1.82) is 0 Å². The van der Waals surface area contributed by atoms with Gasteiger partial charge in [0.15, 0.2) is 0 Å². The normalized spacial score (nSPS) is 11.4. The van der Waals surface area contributed by atoms with Crippen LogP contribution in [0, 0.1) is 0 Å². The Kier molecular flexibility index (Phi) is 13.6. The molecule has 0 heterocycles. The van der Waals surface area contributed by atoms with Crippen molar-refractivity contribution >= 4 is 71.2 Å². The molecule has 0 atom stereocenters. The van der Waals surface area contributed by atoms with E-state index in [1.807, 2.05) is 12.1 Å². The summed E-state index contributed by atoms with van der Waals surface area (Å²) in [6, 6.07) is 81.3. The molecule has 0 saturated heterocycles. The Morgan fingerprint density at radius 3 is 0.630 bits per heavy atom. The molecule has 266 valence electrons. The summed E-state index contributed by atoms with van der Waals surface area (Å²) in [5, 5.41) is 8.39. The van der Waals surface area contributed by atoms with Crippen LogP contribution < -0.4 is 31.8 Å². The first-order valence-electron chi connectivity index (χ1n) is 17.7. The molecular formula is C49H38Cl2P2Ru. The molecule has 0 aliphatic heterocycles. The Labute approximate surface area is 335 Å². The van der Waals surface area contributed by atoms with Crippen LogP contribution in [0.3, 0.4) is 0 Å². The molecule has 54 heavy (non-hydrogen) atoms. The van der Waals surface area contributed by atoms with Crippen molar-refractivity contribution < 1.29 is 13.5 Å². The zero-order valence-corrected chi connectivity index (χ0v) is 34.5. The van der Waals surface area contributed by atoms with Crippen LogP contribution in [-0.2, 0) is 13.5 Å². The van der Waals surface area contributed by atoms with Crippen molar-refractivity contribution in [2.24, 2.45) is 0 Å². The van der Waals surface area contributed by atoms with E-state index < -0.39 is 29.4 Å². The second kappa shape index (κ2) is 19.3. The first kappa shape index (κ1) is 38.0. The molecule has 0 saturated carbocycles. The molecule has 5 heteroatoms. The van der Waals surface area contributed by atoms with Gasteiger partial charge in [-0.2, -0.15) is 0 Å². The largest absolute Gasteiger partial charge is 0.0622 e. The molecule has 9 rings (SSSR count). The summed E-state index contributed by atoms with van der Waals surface area (Å²) < 4.78 is 1.17. The molecule has 0 aromatic heterocycles. The molecule has 0 radical (unpaired) electrons. The average Bonchev–Trinajstić information content (AvgIpc) is 3.59. The van der Waals surface area contributed by atoms with E-state index in [2.05, 4.69) is 218 Å². The van der Waals surface area contributed by atoms with Gasteiger partial charge in [0, 0.05) is 0 Å². The zero-order valence-electron chi connectivity index (χ0n) is 29.4. The number of hydrogen-bond donors (Lipinski definition) is 0. The third-order valence-corrected chi connectivity index (χ3v) is 16.9. The Balaban J connectivity index is 0.000000126. The minimum absolute atomic E-state index is 0.446. The Bertz CT molecular complexity index is 2030. The van der Waals surface area contributed by atoms with Gasteiger partial charge >= 0.3 is 108 Å². The molecule has 1 aliphatic carbocycles.